The normalized spacial score (nSPS) is 9.93. The van der Waals surface area contributed by atoms with E-state index >= 15 is 0 Å². The Bertz CT molecular complexity index is 441. The molecule has 0 aliphatic heterocycles. The SMILES string of the molecule is COc1cc(C#N)ccc1/C=C\C(C)=O. The van der Waals surface area contributed by atoms with Crippen LogP contribution in [-0.2, 0) is 4.79 Å². The number of methoxy groups -OCH3 is 1. The van der Waals surface area contributed by atoms with Gasteiger partial charge in [-0.25, -0.2) is 0 Å². The van der Waals surface area contributed by atoms with Crippen molar-refractivity contribution in [3.63, 3.8) is 0 Å². The van der Waals surface area contributed by atoms with Gasteiger partial charge in [0.2, 0.25) is 0 Å². The zero-order valence-corrected chi connectivity index (χ0v) is 8.65. The summed E-state index contributed by atoms with van der Waals surface area (Å²) in [5, 5.41) is 8.69. The molecule has 1 aromatic carbocycles. The number of rotatable bonds is 3. The number of carbonyl (C=O) groups excluding carboxylic acids is 1. The third-order valence-corrected chi connectivity index (χ3v) is 1.86. The number of carbonyl (C=O) groups is 1. The molecular formula is C12H11NO2. The van der Waals surface area contributed by atoms with Crippen LogP contribution in [0, 0.1) is 11.3 Å². The number of benzene rings is 1. The molecule has 3 heteroatoms. The molecular weight excluding hydrogens is 190 g/mol. The first kappa shape index (κ1) is 11.0. The fourth-order valence-electron chi connectivity index (χ4n) is 1.13. The van der Waals surface area contributed by atoms with Crippen LogP contribution in [0.1, 0.15) is 18.1 Å². The molecule has 15 heavy (non-hydrogen) atoms. The van der Waals surface area contributed by atoms with Crippen LogP contribution in [0.4, 0.5) is 0 Å². The molecule has 0 fully saturated rings. The summed E-state index contributed by atoms with van der Waals surface area (Å²) >= 11 is 0. The van der Waals surface area contributed by atoms with Crippen molar-refractivity contribution < 1.29 is 9.53 Å². The highest BCUT2D eigenvalue weighted by atomic mass is 16.5. The lowest BCUT2D eigenvalue weighted by Gasteiger charge is -2.04. The summed E-state index contributed by atoms with van der Waals surface area (Å²) in [5.74, 6) is 0.563. The topological polar surface area (TPSA) is 50.1 Å². The Labute approximate surface area is 88.6 Å². The summed E-state index contributed by atoms with van der Waals surface area (Å²) < 4.78 is 5.11. The van der Waals surface area contributed by atoms with E-state index in [0.29, 0.717) is 11.3 Å². The van der Waals surface area contributed by atoms with E-state index in [-0.39, 0.29) is 5.78 Å². The minimum Gasteiger partial charge on any atom is -0.496 e. The van der Waals surface area contributed by atoms with Crippen LogP contribution in [0.3, 0.4) is 0 Å². The van der Waals surface area contributed by atoms with Crippen LogP contribution in [-0.4, -0.2) is 12.9 Å². The molecule has 0 aliphatic rings. The van der Waals surface area contributed by atoms with E-state index in [1.165, 1.54) is 20.1 Å². The number of hydrogen-bond donors (Lipinski definition) is 0. The second-order valence-corrected chi connectivity index (χ2v) is 3.01. The molecule has 0 atom stereocenters. The van der Waals surface area contributed by atoms with Crippen molar-refractivity contribution in [2.24, 2.45) is 0 Å². The van der Waals surface area contributed by atoms with Gasteiger partial charge in [-0.05, 0) is 37.3 Å². The standard InChI is InChI=1S/C12H11NO2/c1-9(14)3-5-11-6-4-10(8-13)7-12(11)15-2/h3-7H,1-2H3/b5-3-. The molecule has 0 radical (unpaired) electrons. The van der Waals surface area contributed by atoms with Crippen LogP contribution in [0.15, 0.2) is 24.3 Å². The van der Waals surface area contributed by atoms with Crippen LogP contribution in [0.5, 0.6) is 5.75 Å². The van der Waals surface area contributed by atoms with E-state index in [4.69, 9.17) is 10.00 Å². The van der Waals surface area contributed by atoms with E-state index in [2.05, 4.69) is 0 Å². The predicted octanol–water partition coefficient (Wildman–Crippen LogP) is 2.17. The van der Waals surface area contributed by atoms with E-state index in [1.54, 1.807) is 24.3 Å². The number of nitriles is 1. The van der Waals surface area contributed by atoms with Crippen molar-refractivity contribution in [3.05, 3.63) is 35.4 Å². The quantitative estimate of drug-likeness (QED) is 0.704. The van der Waals surface area contributed by atoms with Gasteiger partial charge in [0.05, 0.1) is 18.7 Å². The first-order chi connectivity index (χ1) is 7.17. The molecule has 0 aromatic heterocycles. The lowest BCUT2D eigenvalue weighted by atomic mass is 10.1. The summed E-state index contributed by atoms with van der Waals surface area (Å²) in [6.45, 7) is 1.48. The predicted molar refractivity (Wildman–Crippen MR) is 57.4 cm³/mol. The van der Waals surface area contributed by atoms with Gasteiger partial charge in [-0.1, -0.05) is 0 Å². The molecule has 1 aromatic rings. The molecule has 0 unspecified atom stereocenters. The molecule has 76 valence electrons. The number of hydrogen-bond acceptors (Lipinski definition) is 3. The van der Waals surface area contributed by atoms with Crippen molar-refractivity contribution in [1.82, 2.24) is 0 Å². The Kier molecular flexibility index (Phi) is 3.64. The lowest BCUT2D eigenvalue weighted by Crippen LogP contribution is -1.89. The minimum absolute atomic E-state index is 0.0265. The average Bonchev–Trinajstić information content (AvgIpc) is 2.25. The van der Waals surface area contributed by atoms with E-state index in [1.807, 2.05) is 6.07 Å². The third-order valence-electron chi connectivity index (χ3n) is 1.86. The molecule has 0 N–H and O–H groups in total. The largest absolute Gasteiger partial charge is 0.496 e. The van der Waals surface area contributed by atoms with Crippen molar-refractivity contribution in [1.29, 1.82) is 5.26 Å². The van der Waals surface area contributed by atoms with Crippen LogP contribution < -0.4 is 4.74 Å². The van der Waals surface area contributed by atoms with E-state index in [0.717, 1.165) is 5.56 Å². The summed E-state index contributed by atoms with van der Waals surface area (Å²) in [7, 11) is 1.53. The van der Waals surface area contributed by atoms with Gasteiger partial charge < -0.3 is 4.74 Å². The highest BCUT2D eigenvalue weighted by Gasteiger charge is 2.01. The highest BCUT2D eigenvalue weighted by Crippen LogP contribution is 2.21. The molecule has 0 spiro atoms. The number of ketones is 1. The number of ether oxygens (including phenoxy) is 1. The minimum atomic E-state index is -0.0265. The fraction of sp³-hybridized carbons (Fsp3) is 0.167. The molecule has 0 bridgehead atoms. The molecule has 0 amide bonds. The van der Waals surface area contributed by atoms with Crippen molar-refractivity contribution in [2.45, 2.75) is 6.92 Å². The van der Waals surface area contributed by atoms with Gasteiger partial charge in [-0.15, -0.1) is 0 Å². The maximum Gasteiger partial charge on any atom is 0.152 e. The maximum absolute atomic E-state index is 10.8. The van der Waals surface area contributed by atoms with Crippen LogP contribution in [0.2, 0.25) is 0 Å². The highest BCUT2D eigenvalue weighted by molar-refractivity contribution is 5.91. The Morgan fingerprint density at radius 2 is 2.27 bits per heavy atom. The van der Waals surface area contributed by atoms with Gasteiger partial charge in [0.1, 0.15) is 5.75 Å². The molecule has 3 nitrogen and oxygen atoms in total. The lowest BCUT2D eigenvalue weighted by molar-refractivity contribution is -0.112. The Balaban J connectivity index is 3.09. The summed E-state index contributed by atoms with van der Waals surface area (Å²) in [6.07, 6.45) is 3.13. The molecule has 0 heterocycles. The van der Waals surface area contributed by atoms with E-state index in [9.17, 15) is 4.79 Å². The summed E-state index contributed by atoms with van der Waals surface area (Å²) in [5.41, 5.74) is 1.32. The van der Waals surface area contributed by atoms with Gasteiger partial charge in [-0.3, -0.25) is 4.79 Å². The molecule has 0 saturated carbocycles. The van der Waals surface area contributed by atoms with Gasteiger partial charge in [-0.2, -0.15) is 5.26 Å². The smallest absolute Gasteiger partial charge is 0.152 e. The second-order valence-electron chi connectivity index (χ2n) is 3.01. The Morgan fingerprint density at radius 1 is 1.53 bits per heavy atom. The van der Waals surface area contributed by atoms with E-state index < -0.39 is 0 Å². The second kappa shape index (κ2) is 4.97. The zero-order valence-electron chi connectivity index (χ0n) is 8.65. The maximum atomic E-state index is 10.8. The zero-order chi connectivity index (χ0) is 11.3. The van der Waals surface area contributed by atoms with Crippen molar-refractivity contribution >= 4 is 11.9 Å². The third kappa shape index (κ3) is 2.96. The van der Waals surface area contributed by atoms with Gasteiger partial charge in [0.25, 0.3) is 0 Å². The molecule has 1 rings (SSSR count). The molecule has 0 aliphatic carbocycles. The fourth-order valence-corrected chi connectivity index (χ4v) is 1.13. The number of nitrogens with zero attached hydrogens (tertiary/aromatic N) is 1. The number of allylic oxidation sites excluding steroid dienone is 1. The van der Waals surface area contributed by atoms with Gasteiger partial charge in [0, 0.05) is 5.56 Å². The Morgan fingerprint density at radius 3 is 2.80 bits per heavy atom. The summed E-state index contributed by atoms with van der Waals surface area (Å²) in [4.78, 5) is 10.8. The van der Waals surface area contributed by atoms with Gasteiger partial charge >= 0.3 is 0 Å². The Hall–Kier alpha value is -2.08. The van der Waals surface area contributed by atoms with Gasteiger partial charge in [0.15, 0.2) is 5.78 Å². The monoisotopic (exact) mass is 201 g/mol. The molecule has 0 saturated heterocycles. The first-order valence-corrected chi connectivity index (χ1v) is 4.44. The first-order valence-electron chi connectivity index (χ1n) is 4.44. The van der Waals surface area contributed by atoms with Crippen molar-refractivity contribution in [3.8, 4) is 11.8 Å². The van der Waals surface area contributed by atoms with Crippen molar-refractivity contribution in [2.75, 3.05) is 7.11 Å². The average molecular weight is 201 g/mol. The summed E-state index contributed by atoms with van der Waals surface area (Å²) in [6, 6.07) is 7.09. The van der Waals surface area contributed by atoms with Crippen LogP contribution >= 0.6 is 0 Å². The van der Waals surface area contributed by atoms with Crippen LogP contribution in [0.25, 0.3) is 6.08 Å².